The second-order valence-electron chi connectivity index (χ2n) is 15.3. The van der Waals surface area contributed by atoms with E-state index in [0.29, 0.717) is 27.9 Å². The van der Waals surface area contributed by atoms with Crippen LogP contribution >= 0.6 is 0 Å². The van der Waals surface area contributed by atoms with Gasteiger partial charge in [0.05, 0.1) is 39.8 Å². The topological polar surface area (TPSA) is 61.8 Å². The number of para-hydroxylation sites is 4. The minimum atomic E-state index is 0.389. The van der Waals surface area contributed by atoms with Gasteiger partial charge < -0.3 is 9.13 Å². The van der Waals surface area contributed by atoms with Crippen molar-refractivity contribution in [1.29, 1.82) is 10.5 Å². The van der Waals surface area contributed by atoms with E-state index in [-0.39, 0.29) is 0 Å². The van der Waals surface area contributed by atoms with Gasteiger partial charge in [-0.25, -0.2) is 4.85 Å². The minimum absolute atomic E-state index is 0.389. The molecule has 0 fully saturated rings. The van der Waals surface area contributed by atoms with Gasteiger partial charge in [0, 0.05) is 44.0 Å². The van der Waals surface area contributed by atoms with Crippen LogP contribution in [0.15, 0.2) is 200 Å². The van der Waals surface area contributed by atoms with Crippen molar-refractivity contribution in [3.8, 4) is 68.0 Å². The van der Waals surface area contributed by atoms with Gasteiger partial charge in [0.15, 0.2) is 5.69 Å². The summed E-state index contributed by atoms with van der Waals surface area (Å²) in [5.41, 5.74) is 13.7. The molecule has 5 heteroatoms. The molecule has 0 bridgehead atoms. The van der Waals surface area contributed by atoms with Gasteiger partial charge in [-0.2, -0.15) is 10.5 Å². The predicted octanol–water partition coefficient (Wildman–Crippen LogP) is 14.8. The summed E-state index contributed by atoms with van der Waals surface area (Å²) in [7, 11) is 0. The highest BCUT2D eigenvalue weighted by molar-refractivity contribution is 6.27. The van der Waals surface area contributed by atoms with Crippen molar-refractivity contribution in [2.45, 2.75) is 0 Å². The van der Waals surface area contributed by atoms with Crippen LogP contribution in [-0.2, 0) is 0 Å². The van der Waals surface area contributed by atoms with Gasteiger partial charge in [0.1, 0.15) is 12.1 Å². The Morgan fingerprint density at radius 2 is 0.968 bits per heavy atom. The Kier molecular flexibility index (Phi) is 8.57. The third-order valence-electron chi connectivity index (χ3n) is 12.0. The molecule has 11 aromatic rings. The summed E-state index contributed by atoms with van der Waals surface area (Å²) in [5.74, 6) is 0. The molecule has 0 unspecified atom stereocenters. The number of aromatic nitrogens is 2. The van der Waals surface area contributed by atoms with E-state index < -0.39 is 0 Å². The largest absolute Gasteiger partial charge is 0.309 e. The lowest BCUT2D eigenvalue weighted by atomic mass is 9.83. The Morgan fingerprint density at radius 3 is 1.61 bits per heavy atom. The van der Waals surface area contributed by atoms with Crippen LogP contribution in [0.3, 0.4) is 0 Å². The molecule has 0 spiro atoms. The molecule has 62 heavy (non-hydrogen) atoms. The van der Waals surface area contributed by atoms with Gasteiger partial charge in [-0.15, -0.1) is 0 Å². The monoisotopic (exact) mass is 787 g/mol. The van der Waals surface area contributed by atoms with Gasteiger partial charge in [-0.3, -0.25) is 0 Å². The van der Waals surface area contributed by atoms with Gasteiger partial charge in [0.2, 0.25) is 0 Å². The van der Waals surface area contributed by atoms with E-state index in [0.717, 1.165) is 77.6 Å². The summed E-state index contributed by atoms with van der Waals surface area (Å²) in [6, 6.07) is 72.6. The third-order valence-corrected chi connectivity index (χ3v) is 12.0. The van der Waals surface area contributed by atoms with Crippen molar-refractivity contribution >= 4 is 49.3 Å². The Labute approximate surface area is 358 Å². The maximum Gasteiger partial charge on any atom is 0.195 e. The highest BCUT2D eigenvalue weighted by Crippen LogP contribution is 2.47. The zero-order valence-corrected chi connectivity index (χ0v) is 33.3. The SMILES string of the molecule is [C-]#[N+]c1cc(-c2cc(-c3ccccc3)c(C#N)c(-c3ccccc3)c2C#N)ccc1-c1cccc2c3c(ccc4c5ccccc5n(-c5ccccc5)c43)n(-c3ccccc3)c12. The molecule has 5 nitrogen and oxygen atoms in total. The van der Waals surface area contributed by atoms with E-state index in [1.807, 2.05) is 97.1 Å². The Morgan fingerprint density at radius 1 is 0.403 bits per heavy atom. The Balaban J connectivity index is 1.21. The summed E-state index contributed by atoms with van der Waals surface area (Å²) >= 11 is 0. The standard InChI is InChI=1S/C57H33N5/c1-60-51-33-39(48-34-47(37-17-6-2-7-18-37)49(35-58)54(50(48)36-59)38-19-8-3-9-20-38)29-30-42(51)44-26-16-27-46-55-53(62(56(44)46)41-23-12-5-13-24-41)32-31-45-43-25-14-15-28-52(43)61(57(45)55)40-21-10-4-11-22-40/h2-34H. The number of hydrogen-bond donors (Lipinski definition) is 0. The van der Waals surface area contributed by atoms with Crippen molar-refractivity contribution < 1.29 is 0 Å². The van der Waals surface area contributed by atoms with E-state index >= 15 is 0 Å². The highest BCUT2D eigenvalue weighted by atomic mass is 15.0. The van der Waals surface area contributed by atoms with E-state index in [9.17, 15) is 10.5 Å². The second kappa shape index (κ2) is 14.7. The molecule has 286 valence electrons. The molecule has 9 aromatic carbocycles. The second-order valence-corrected chi connectivity index (χ2v) is 15.3. The van der Waals surface area contributed by atoms with Crippen LogP contribution in [0.2, 0.25) is 0 Å². The molecule has 0 aliphatic heterocycles. The molecule has 2 aromatic heterocycles. The van der Waals surface area contributed by atoms with Crippen LogP contribution < -0.4 is 0 Å². The molecule has 0 aliphatic carbocycles. The number of nitriles is 2. The van der Waals surface area contributed by atoms with E-state index in [4.69, 9.17) is 6.57 Å². The number of nitrogens with zero attached hydrogens (tertiary/aromatic N) is 5. The van der Waals surface area contributed by atoms with Crippen molar-refractivity contribution in [3.63, 3.8) is 0 Å². The number of rotatable bonds is 6. The summed E-state index contributed by atoms with van der Waals surface area (Å²) in [4.78, 5) is 4.18. The lowest BCUT2D eigenvalue weighted by Gasteiger charge is -2.18. The summed E-state index contributed by atoms with van der Waals surface area (Å²) < 4.78 is 4.71. The molecular formula is C57H33N5. The van der Waals surface area contributed by atoms with E-state index in [1.54, 1.807) is 0 Å². The zero-order chi connectivity index (χ0) is 41.7. The van der Waals surface area contributed by atoms with Crippen molar-refractivity contribution in [2.75, 3.05) is 0 Å². The summed E-state index contributed by atoms with van der Waals surface area (Å²) in [6.45, 7) is 8.64. The van der Waals surface area contributed by atoms with Crippen LogP contribution in [0.1, 0.15) is 11.1 Å². The van der Waals surface area contributed by atoms with Crippen LogP contribution in [0, 0.1) is 29.2 Å². The fourth-order valence-electron chi connectivity index (χ4n) is 9.41. The van der Waals surface area contributed by atoms with Crippen molar-refractivity contribution in [2.24, 2.45) is 0 Å². The average molecular weight is 788 g/mol. The molecule has 0 N–H and O–H groups in total. The van der Waals surface area contributed by atoms with Gasteiger partial charge in [-0.05, 0) is 81.9 Å². The van der Waals surface area contributed by atoms with Gasteiger partial charge in [0.25, 0.3) is 0 Å². The number of fused-ring (bicyclic) bond motifs is 7. The first-order valence-corrected chi connectivity index (χ1v) is 20.4. The highest BCUT2D eigenvalue weighted by Gasteiger charge is 2.25. The van der Waals surface area contributed by atoms with Crippen LogP contribution in [-0.4, -0.2) is 9.13 Å². The first-order valence-electron chi connectivity index (χ1n) is 20.4. The first kappa shape index (κ1) is 36.2. The molecule has 0 saturated carbocycles. The summed E-state index contributed by atoms with van der Waals surface area (Å²) in [6.07, 6.45) is 0. The predicted molar refractivity (Wildman–Crippen MR) is 253 cm³/mol. The van der Waals surface area contributed by atoms with Crippen LogP contribution in [0.4, 0.5) is 5.69 Å². The first-order chi connectivity index (χ1) is 30.7. The maximum atomic E-state index is 10.9. The van der Waals surface area contributed by atoms with E-state index in [2.05, 4.69) is 129 Å². The maximum absolute atomic E-state index is 10.9. The fourth-order valence-corrected chi connectivity index (χ4v) is 9.41. The molecule has 0 atom stereocenters. The molecular weight excluding hydrogens is 755 g/mol. The minimum Gasteiger partial charge on any atom is -0.309 e. The van der Waals surface area contributed by atoms with Gasteiger partial charge >= 0.3 is 0 Å². The number of hydrogen-bond acceptors (Lipinski definition) is 2. The molecule has 0 saturated heterocycles. The smallest absolute Gasteiger partial charge is 0.195 e. The quantitative estimate of drug-likeness (QED) is 0.158. The average Bonchev–Trinajstić information content (AvgIpc) is 3.87. The lowest BCUT2D eigenvalue weighted by Crippen LogP contribution is -1.98. The lowest BCUT2D eigenvalue weighted by molar-refractivity contribution is 1.17. The molecule has 0 radical (unpaired) electrons. The molecule has 11 rings (SSSR count). The Hall–Kier alpha value is -8.95. The number of benzene rings is 9. The van der Waals surface area contributed by atoms with Crippen molar-refractivity contribution in [3.05, 3.63) is 223 Å². The van der Waals surface area contributed by atoms with Gasteiger partial charge in [-0.1, -0.05) is 152 Å². The molecule has 0 aliphatic rings. The van der Waals surface area contributed by atoms with Crippen LogP contribution in [0.5, 0.6) is 0 Å². The Bertz CT molecular complexity index is 3690. The van der Waals surface area contributed by atoms with Crippen molar-refractivity contribution in [1.82, 2.24) is 9.13 Å². The van der Waals surface area contributed by atoms with Crippen LogP contribution in [0.25, 0.3) is 104 Å². The normalized spacial score (nSPS) is 11.2. The zero-order valence-electron chi connectivity index (χ0n) is 33.3. The fraction of sp³-hybridized carbons (Fsp3) is 0. The molecule has 0 amide bonds. The third kappa shape index (κ3) is 5.53. The summed E-state index contributed by atoms with van der Waals surface area (Å²) in [5, 5.41) is 26.1. The van der Waals surface area contributed by atoms with E-state index in [1.165, 1.54) is 10.8 Å². The molecule has 2 heterocycles.